The highest BCUT2D eigenvalue weighted by molar-refractivity contribution is 5.79. The normalized spacial score (nSPS) is 27.2. The minimum Gasteiger partial charge on any atom is -0.387 e. The van der Waals surface area contributed by atoms with Crippen molar-refractivity contribution in [2.45, 2.75) is 45.8 Å². The lowest BCUT2D eigenvalue weighted by Gasteiger charge is -2.26. The Labute approximate surface area is 98.6 Å². The Hall–Kier alpha value is -0.610. The van der Waals surface area contributed by atoms with E-state index in [9.17, 15) is 0 Å². The maximum atomic E-state index is 7.41. The van der Waals surface area contributed by atoms with Crippen molar-refractivity contribution in [2.75, 3.05) is 19.6 Å². The second kappa shape index (κ2) is 6.21. The molecule has 0 radical (unpaired) electrons. The van der Waals surface area contributed by atoms with Crippen LogP contribution in [0, 0.1) is 11.3 Å². The summed E-state index contributed by atoms with van der Waals surface area (Å²) in [7, 11) is 0. The number of nitrogens with zero attached hydrogens (tertiary/aromatic N) is 1. The summed E-state index contributed by atoms with van der Waals surface area (Å²) in [6, 6.07) is 0. The molecule has 1 rings (SSSR count). The molecule has 1 fully saturated rings. The van der Waals surface area contributed by atoms with Crippen LogP contribution in [0.15, 0.2) is 0 Å². The van der Waals surface area contributed by atoms with E-state index in [1.165, 1.54) is 6.42 Å². The Morgan fingerprint density at radius 2 is 2.25 bits per heavy atom. The molecule has 0 saturated carbocycles. The predicted molar refractivity (Wildman–Crippen MR) is 66.8 cm³/mol. The van der Waals surface area contributed by atoms with Gasteiger partial charge < -0.3 is 15.4 Å². The van der Waals surface area contributed by atoms with Crippen LogP contribution < -0.4 is 5.73 Å². The second-order valence-electron chi connectivity index (χ2n) is 4.85. The molecule has 0 bridgehead atoms. The van der Waals surface area contributed by atoms with E-state index in [1.807, 2.05) is 6.92 Å². The standard InChI is InChI=1S/C12H25N3O/c1-4-15(7-9(2)12(13)14)8-11-6-5-10(3)16-11/h9-11H,4-8H2,1-3H3,(H3,13,14). The molecule has 0 aromatic carbocycles. The predicted octanol–water partition coefficient (Wildman–Crippen LogP) is 1.45. The maximum absolute atomic E-state index is 7.41. The van der Waals surface area contributed by atoms with E-state index in [1.54, 1.807) is 0 Å². The van der Waals surface area contributed by atoms with E-state index < -0.39 is 0 Å². The average molecular weight is 227 g/mol. The molecule has 3 atom stereocenters. The summed E-state index contributed by atoms with van der Waals surface area (Å²) < 4.78 is 5.81. The first kappa shape index (κ1) is 13.5. The third-order valence-corrected chi connectivity index (χ3v) is 3.29. The lowest BCUT2D eigenvalue weighted by molar-refractivity contribution is 0.0312. The molecular formula is C12H25N3O. The van der Waals surface area contributed by atoms with Crippen LogP contribution in [-0.4, -0.2) is 42.6 Å². The van der Waals surface area contributed by atoms with Crippen molar-refractivity contribution in [1.29, 1.82) is 5.41 Å². The van der Waals surface area contributed by atoms with Crippen LogP contribution in [0.1, 0.15) is 33.6 Å². The smallest absolute Gasteiger partial charge is 0.0947 e. The topological polar surface area (TPSA) is 62.3 Å². The summed E-state index contributed by atoms with van der Waals surface area (Å²) in [6.45, 7) is 9.10. The molecule has 1 heterocycles. The van der Waals surface area contributed by atoms with Gasteiger partial charge in [0.25, 0.3) is 0 Å². The van der Waals surface area contributed by atoms with Crippen molar-refractivity contribution >= 4 is 5.84 Å². The lowest BCUT2D eigenvalue weighted by Crippen LogP contribution is -2.38. The first-order valence-corrected chi connectivity index (χ1v) is 6.24. The highest BCUT2D eigenvalue weighted by Crippen LogP contribution is 2.20. The van der Waals surface area contributed by atoms with Gasteiger partial charge in [0.05, 0.1) is 18.0 Å². The number of hydrogen-bond acceptors (Lipinski definition) is 3. The van der Waals surface area contributed by atoms with Crippen LogP contribution in [-0.2, 0) is 4.74 Å². The first-order chi connectivity index (χ1) is 7.52. The molecule has 1 saturated heterocycles. The molecule has 1 aliphatic rings. The van der Waals surface area contributed by atoms with Crippen molar-refractivity contribution in [2.24, 2.45) is 11.7 Å². The Bertz CT molecular complexity index is 232. The Morgan fingerprint density at radius 1 is 1.56 bits per heavy atom. The van der Waals surface area contributed by atoms with Gasteiger partial charge >= 0.3 is 0 Å². The summed E-state index contributed by atoms with van der Waals surface area (Å²) >= 11 is 0. The van der Waals surface area contributed by atoms with Crippen LogP contribution in [0.25, 0.3) is 0 Å². The van der Waals surface area contributed by atoms with Gasteiger partial charge in [-0.25, -0.2) is 0 Å². The van der Waals surface area contributed by atoms with E-state index >= 15 is 0 Å². The van der Waals surface area contributed by atoms with Crippen LogP contribution in [0.2, 0.25) is 0 Å². The molecule has 94 valence electrons. The molecule has 0 spiro atoms. The van der Waals surface area contributed by atoms with Gasteiger partial charge in [-0.2, -0.15) is 0 Å². The number of likely N-dealkylation sites (N-methyl/N-ethyl adjacent to an activating group) is 1. The molecular weight excluding hydrogens is 202 g/mol. The zero-order valence-electron chi connectivity index (χ0n) is 10.7. The third kappa shape index (κ3) is 4.10. The van der Waals surface area contributed by atoms with Gasteiger partial charge in [0.2, 0.25) is 0 Å². The summed E-state index contributed by atoms with van der Waals surface area (Å²) in [5, 5.41) is 7.41. The number of hydrogen-bond donors (Lipinski definition) is 2. The molecule has 0 aromatic rings. The monoisotopic (exact) mass is 227 g/mol. The molecule has 4 heteroatoms. The van der Waals surface area contributed by atoms with Gasteiger partial charge in [-0.1, -0.05) is 13.8 Å². The van der Waals surface area contributed by atoms with Crippen LogP contribution in [0.5, 0.6) is 0 Å². The summed E-state index contributed by atoms with van der Waals surface area (Å²) in [4.78, 5) is 2.33. The number of amidine groups is 1. The summed E-state index contributed by atoms with van der Waals surface area (Å²) in [5.74, 6) is 0.415. The van der Waals surface area contributed by atoms with Crippen LogP contribution in [0.3, 0.4) is 0 Å². The number of rotatable bonds is 6. The van der Waals surface area contributed by atoms with Gasteiger partial charge in [0, 0.05) is 19.0 Å². The quantitative estimate of drug-likeness (QED) is 0.533. The number of ether oxygens (including phenoxy) is 1. The van der Waals surface area contributed by atoms with Gasteiger partial charge in [-0.05, 0) is 26.3 Å². The number of nitrogens with two attached hydrogens (primary N) is 1. The Morgan fingerprint density at radius 3 is 2.69 bits per heavy atom. The minimum absolute atomic E-state index is 0.138. The second-order valence-corrected chi connectivity index (χ2v) is 4.85. The molecule has 0 aromatic heterocycles. The zero-order valence-corrected chi connectivity index (χ0v) is 10.7. The van der Waals surface area contributed by atoms with Gasteiger partial charge in [-0.15, -0.1) is 0 Å². The van der Waals surface area contributed by atoms with Gasteiger partial charge in [0.1, 0.15) is 0 Å². The minimum atomic E-state index is 0.138. The fourth-order valence-electron chi connectivity index (χ4n) is 2.13. The molecule has 1 aliphatic heterocycles. The molecule has 0 amide bonds. The first-order valence-electron chi connectivity index (χ1n) is 6.24. The fourth-order valence-corrected chi connectivity index (χ4v) is 2.13. The Kier molecular flexibility index (Phi) is 5.22. The molecule has 0 aliphatic carbocycles. The van der Waals surface area contributed by atoms with Gasteiger partial charge in [0.15, 0.2) is 0 Å². The van der Waals surface area contributed by atoms with Crippen LogP contribution >= 0.6 is 0 Å². The highest BCUT2D eigenvalue weighted by Gasteiger charge is 2.24. The van der Waals surface area contributed by atoms with Crippen LogP contribution in [0.4, 0.5) is 0 Å². The number of nitrogens with one attached hydrogen (secondary N) is 1. The average Bonchev–Trinajstić information content (AvgIpc) is 2.62. The molecule has 16 heavy (non-hydrogen) atoms. The molecule has 3 unspecified atom stereocenters. The van der Waals surface area contributed by atoms with E-state index in [4.69, 9.17) is 15.9 Å². The van der Waals surface area contributed by atoms with Gasteiger partial charge in [-0.3, -0.25) is 5.41 Å². The van der Waals surface area contributed by atoms with Crippen molar-refractivity contribution in [3.8, 4) is 0 Å². The summed E-state index contributed by atoms with van der Waals surface area (Å²) in [5.41, 5.74) is 5.49. The van der Waals surface area contributed by atoms with E-state index in [0.29, 0.717) is 12.2 Å². The SMILES string of the molecule is CCN(CC1CCC(C)O1)CC(C)C(=N)N. The summed E-state index contributed by atoms with van der Waals surface area (Å²) in [6.07, 6.45) is 3.11. The lowest BCUT2D eigenvalue weighted by atomic mass is 10.1. The largest absolute Gasteiger partial charge is 0.387 e. The van der Waals surface area contributed by atoms with E-state index in [2.05, 4.69) is 18.7 Å². The fraction of sp³-hybridized carbons (Fsp3) is 0.917. The third-order valence-electron chi connectivity index (χ3n) is 3.29. The van der Waals surface area contributed by atoms with Crippen molar-refractivity contribution < 1.29 is 4.74 Å². The zero-order chi connectivity index (χ0) is 12.1. The molecule has 3 N–H and O–H groups in total. The van der Waals surface area contributed by atoms with Crippen molar-refractivity contribution in [3.05, 3.63) is 0 Å². The molecule has 4 nitrogen and oxygen atoms in total. The van der Waals surface area contributed by atoms with Crippen molar-refractivity contribution in [3.63, 3.8) is 0 Å². The van der Waals surface area contributed by atoms with Crippen molar-refractivity contribution in [1.82, 2.24) is 4.90 Å². The van der Waals surface area contributed by atoms with E-state index in [0.717, 1.165) is 26.1 Å². The Balaban J connectivity index is 2.34. The highest BCUT2D eigenvalue weighted by atomic mass is 16.5. The van der Waals surface area contributed by atoms with E-state index in [-0.39, 0.29) is 11.8 Å². The maximum Gasteiger partial charge on any atom is 0.0947 e.